The summed E-state index contributed by atoms with van der Waals surface area (Å²) in [5, 5.41) is 16.1. The molecule has 0 radical (unpaired) electrons. The van der Waals surface area contributed by atoms with E-state index in [-0.39, 0.29) is 25.5 Å². The van der Waals surface area contributed by atoms with Gasteiger partial charge in [-0.3, -0.25) is 4.79 Å². The zero-order chi connectivity index (χ0) is 34.6. The van der Waals surface area contributed by atoms with E-state index in [1.807, 2.05) is 78.9 Å². The molecular weight excluding hydrogens is 690 g/mol. The Balaban J connectivity index is 1.55. The molecule has 49 heavy (non-hydrogen) atoms. The van der Waals surface area contributed by atoms with Gasteiger partial charge in [-0.05, 0) is 76.7 Å². The number of hydrogen-bond donors (Lipinski definition) is 2. The van der Waals surface area contributed by atoms with Gasteiger partial charge in [-0.15, -0.1) is 0 Å². The second-order valence-corrected chi connectivity index (χ2v) is 12.2. The third kappa shape index (κ3) is 8.34. The molecule has 0 fully saturated rings. The molecule has 11 nitrogen and oxygen atoms in total. The minimum Gasteiger partial charge on any atom is -0.494 e. The summed E-state index contributed by atoms with van der Waals surface area (Å²) in [5.41, 5.74) is 11.6. The first-order valence-corrected chi connectivity index (χ1v) is 16.6. The average molecular weight is 729 g/mol. The normalized spacial score (nSPS) is 16.6. The number of azide groups is 1. The summed E-state index contributed by atoms with van der Waals surface area (Å²) in [4.78, 5) is 22.8. The molecule has 0 aromatic heterocycles. The highest BCUT2D eigenvalue weighted by Gasteiger charge is 2.54. The van der Waals surface area contributed by atoms with Crippen LogP contribution in [0.1, 0.15) is 40.3 Å². The van der Waals surface area contributed by atoms with E-state index in [1.165, 1.54) is 0 Å². The van der Waals surface area contributed by atoms with Crippen molar-refractivity contribution in [1.82, 2.24) is 5.32 Å². The number of ether oxygens (including phenoxy) is 4. The Morgan fingerprint density at radius 2 is 1.76 bits per heavy atom. The van der Waals surface area contributed by atoms with Crippen LogP contribution in [0.15, 0.2) is 106 Å². The highest BCUT2D eigenvalue weighted by Crippen LogP contribution is 2.44. The van der Waals surface area contributed by atoms with E-state index in [9.17, 15) is 4.79 Å². The lowest BCUT2D eigenvalue weighted by atomic mass is 9.80. The number of nitrogens with one attached hydrogen (secondary N) is 1. The number of hydrogen-bond acceptors (Lipinski definition) is 8. The van der Waals surface area contributed by atoms with Crippen LogP contribution >= 0.6 is 15.9 Å². The third-order valence-electron chi connectivity index (χ3n) is 8.24. The Morgan fingerprint density at radius 1 is 1.02 bits per heavy atom. The van der Waals surface area contributed by atoms with Gasteiger partial charge in [0.15, 0.2) is 23.1 Å². The summed E-state index contributed by atoms with van der Waals surface area (Å²) in [5.74, 6) is 1.86. The molecule has 1 heterocycles. The van der Waals surface area contributed by atoms with Gasteiger partial charge in [-0.2, -0.15) is 0 Å². The lowest BCUT2D eigenvalue weighted by molar-refractivity contribution is -0.128. The van der Waals surface area contributed by atoms with E-state index in [0.29, 0.717) is 60.3 Å². The topological polar surface area (TPSA) is 147 Å². The van der Waals surface area contributed by atoms with E-state index in [1.54, 1.807) is 26.4 Å². The number of nitrogens with zero attached hydrogens (tertiary/aromatic N) is 4. The minimum absolute atomic E-state index is 0.0429. The number of benzene rings is 4. The van der Waals surface area contributed by atoms with E-state index in [4.69, 9.17) is 34.6 Å². The maximum absolute atomic E-state index is 14.7. The zero-order valence-corrected chi connectivity index (χ0v) is 28.9. The molecule has 0 saturated heterocycles. The van der Waals surface area contributed by atoms with Crippen LogP contribution < -0.4 is 19.5 Å². The zero-order valence-electron chi connectivity index (χ0n) is 27.3. The van der Waals surface area contributed by atoms with Crippen molar-refractivity contribution >= 4 is 27.7 Å². The lowest BCUT2D eigenvalue weighted by Crippen LogP contribution is -2.50. The molecule has 0 unspecified atom stereocenters. The minimum atomic E-state index is -1.44. The second-order valence-electron chi connectivity index (χ2n) is 11.3. The summed E-state index contributed by atoms with van der Waals surface area (Å²) in [7, 11) is 3.17. The van der Waals surface area contributed by atoms with Crippen molar-refractivity contribution in [3.8, 4) is 17.2 Å². The van der Waals surface area contributed by atoms with Crippen LogP contribution in [-0.4, -0.2) is 56.4 Å². The van der Waals surface area contributed by atoms with Crippen LogP contribution in [-0.2, 0) is 28.9 Å². The predicted octanol–water partition coefficient (Wildman–Crippen LogP) is 6.90. The van der Waals surface area contributed by atoms with Gasteiger partial charge < -0.3 is 29.4 Å². The molecule has 1 aliphatic heterocycles. The molecule has 1 amide bonds. The van der Waals surface area contributed by atoms with Gasteiger partial charge in [0, 0.05) is 40.9 Å². The van der Waals surface area contributed by atoms with Gasteiger partial charge in [0.1, 0.15) is 5.75 Å². The van der Waals surface area contributed by atoms with E-state index in [0.717, 1.165) is 21.2 Å². The molecule has 254 valence electrons. The number of rotatable bonds is 16. The third-order valence-corrected chi connectivity index (χ3v) is 9.01. The Hall–Kier alpha value is -5.03. The number of aliphatic imine (C=N–C) groups is 1. The van der Waals surface area contributed by atoms with Crippen LogP contribution in [0.3, 0.4) is 0 Å². The number of aliphatic hydroxyl groups is 1. The van der Waals surface area contributed by atoms with Crippen molar-refractivity contribution in [1.29, 1.82) is 0 Å². The molecule has 0 bridgehead atoms. The smallest absolute Gasteiger partial charge is 0.252 e. The Bertz CT molecular complexity index is 1830. The number of methoxy groups -OCH3 is 2. The van der Waals surface area contributed by atoms with Crippen LogP contribution in [0.25, 0.3) is 10.4 Å². The molecule has 0 spiro atoms. The number of aliphatic hydroxyl groups excluding tert-OH is 1. The number of carbonyl (C=O) groups is 1. The van der Waals surface area contributed by atoms with Crippen molar-refractivity contribution in [2.24, 2.45) is 10.1 Å². The molecular formula is C37H38BrN5O6. The largest absolute Gasteiger partial charge is 0.494 e. The molecule has 5 rings (SSSR count). The summed E-state index contributed by atoms with van der Waals surface area (Å²) >= 11 is 3.68. The number of carbonyl (C=O) groups excluding carboxylic acids is 1. The average Bonchev–Trinajstić information content (AvgIpc) is 3.52. The fraction of sp³-hybridized carbons (Fsp3) is 0.297. The van der Waals surface area contributed by atoms with Crippen LogP contribution in [0.2, 0.25) is 0 Å². The van der Waals surface area contributed by atoms with Crippen molar-refractivity contribution < 1.29 is 28.8 Å². The predicted molar refractivity (Wildman–Crippen MR) is 190 cm³/mol. The SMILES string of the molecule is COc1ccc(CCNC(=O)[C@]2(Cc3ccccc3Br)N=C(c3ccc(OCCCO)cc3)O[C@@H]2c2ccccc2CN=[N+]=[N-])cc1OC. The maximum Gasteiger partial charge on any atom is 0.252 e. The fourth-order valence-electron chi connectivity index (χ4n) is 5.74. The van der Waals surface area contributed by atoms with Crippen molar-refractivity contribution in [2.45, 2.75) is 37.5 Å². The Kier molecular flexibility index (Phi) is 12.2. The van der Waals surface area contributed by atoms with Crippen molar-refractivity contribution in [3.63, 3.8) is 0 Å². The quantitative estimate of drug-likeness (QED) is 0.0556. The summed E-state index contributed by atoms with van der Waals surface area (Å²) in [6, 6.07) is 28.1. The maximum atomic E-state index is 14.7. The van der Waals surface area contributed by atoms with Crippen molar-refractivity contribution in [2.75, 3.05) is 34.0 Å². The molecule has 2 atom stereocenters. The highest BCUT2D eigenvalue weighted by atomic mass is 79.9. The fourth-order valence-corrected chi connectivity index (χ4v) is 6.17. The number of halogens is 1. The molecule has 0 aliphatic carbocycles. The monoisotopic (exact) mass is 727 g/mol. The van der Waals surface area contributed by atoms with Gasteiger partial charge in [-0.25, -0.2) is 4.99 Å². The summed E-state index contributed by atoms with van der Waals surface area (Å²) in [6.45, 7) is 0.828. The molecule has 0 saturated carbocycles. The first-order valence-electron chi connectivity index (χ1n) is 15.8. The van der Waals surface area contributed by atoms with Gasteiger partial charge in [0.2, 0.25) is 5.90 Å². The molecule has 2 N–H and O–H groups in total. The van der Waals surface area contributed by atoms with Crippen LogP contribution in [0.4, 0.5) is 0 Å². The molecule has 1 aliphatic rings. The van der Waals surface area contributed by atoms with E-state index in [2.05, 4.69) is 31.3 Å². The van der Waals surface area contributed by atoms with Gasteiger partial charge in [0.25, 0.3) is 5.91 Å². The number of amides is 1. The molecule has 12 heteroatoms. The van der Waals surface area contributed by atoms with Crippen molar-refractivity contribution in [3.05, 3.63) is 134 Å². The van der Waals surface area contributed by atoms with Gasteiger partial charge >= 0.3 is 0 Å². The van der Waals surface area contributed by atoms with Gasteiger partial charge in [0.05, 0.1) is 27.4 Å². The Labute approximate surface area is 293 Å². The van der Waals surface area contributed by atoms with E-state index < -0.39 is 11.6 Å². The standard InChI is InChI=1S/C37H38BrN5O6/c1-46-32-17-12-25(22-33(32)47-2)18-19-40-36(45)37(23-27-8-4-6-11-31(27)38)34(30-10-5-3-9-28(30)24-41-43-39)49-35(42-37)26-13-15-29(16-14-26)48-21-7-20-44/h3-6,8-17,22,34,44H,7,18-21,23-24H2,1-2H3,(H,40,45)/t34-,37-/m1/s1. The highest BCUT2D eigenvalue weighted by molar-refractivity contribution is 9.10. The summed E-state index contributed by atoms with van der Waals surface area (Å²) in [6.07, 6.45) is 0.405. The molecule has 4 aromatic rings. The second kappa shape index (κ2) is 16.9. The molecule has 4 aromatic carbocycles. The lowest BCUT2D eigenvalue weighted by Gasteiger charge is -2.32. The van der Waals surface area contributed by atoms with Gasteiger partial charge in [-0.1, -0.05) is 69.6 Å². The Morgan fingerprint density at radius 3 is 2.47 bits per heavy atom. The first-order chi connectivity index (χ1) is 23.9. The van der Waals surface area contributed by atoms with E-state index >= 15 is 0 Å². The van der Waals surface area contributed by atoms with Crippen LogP contribution in [0, 0.1) is 0 Å². The first kappa shape index (κ1) is 35.3. The summed E-state index contributed by atoms with van der Waals surface area (Å²) < 4.78 is 24.1. The van der Waals surface area contributed by atoms with Crippen LogP contribution in [0.5, 0.6) is 17.2 Å².